The molecule has 1 aliphatic rings. The Bertz CT molecular complexity index is 395. The van der Waals surface area contributed by atoms with Gasteiger partial charge in [-0.2, -0.15) is 0 Å². The number of likely N-dealkylation sites (tertiary alicyclic amines) is 1. The van der Waals surface area contributed by atoms with E-state index in [9.17, 15) is 0 Å². The second-order valence-electron chi connectivity index (χ2n) is 5.96. The minimum atomic E-state index is 0.215. The van der Waals surface area contributed by atoms with E-state index in [0.29, 0.717) is 6.04 Å². The van der Waals surface area contributed by atoms with Gasteiger partial charge in [0.1, 0.15) is 0 Å². The third kappa shape index (κ3) is 3.71. The molecule has 2 rings (SSSR count). The summed E-state index contributed by atoms with van der Waals surface area (Å²) in [6, 6.07) is 9.56. The second kappa shape index (κ2) is 6.40. The molecule has 0 bridgehead atoms. The molecule has 2 N–H and O–H groups in total. The summed E-state index contributed by atoms with van der Waals surface area (Å²) in [4.78, 5) is 4.88. The summed E-state index contributed by atoms with van der Waals surface area (Å²) in [6.07, 6.45) is 3.45. The lowest BCUT2D eigenvalue weighted by Gasteiger charge is -2.37. The Morgan fingerprint density at radius 1 is 1.32 bits per heavy atom. The molecule has 1 aromatic rings. The van der Waals surface area contributed by atoms with Crippen LogP contribution >= 0.6 is 0 Å². The molecule has 106 valence electrons. The van der Waals surface area contributed by atoms with Gasteiger partial charge in [0.05, 0.1) is 0 Å². The van der Waals surface area contributed by atoms with Gasteiger partial charge in [0.2, 0.25) is 0 Å². The number of benzene rings is 1. The molecular weight excluding hydrogens is 234 g/mol. The van der Waals surface area contributed by atoms with Gasteiger partial charge in [-0.1, -0.05) is 18.2 Å². The van der Waals surface area contributed by atoms with Crippen LogP contribution in [0.2, 0.25) is 0 Å². The summed E-state index contributed by atoms with van der Waals surface area (Å²) in [5.74, 6) is 0. The van der Waals surface area contributed by atoms with E-state index in [1.54, 1.807) is 0 Å². The Labute approximate surface area is 117 Å². The summed E-state index contributed by atoms with van der Waals surface area (Å²) >= 11 is 0. The van der Waals surface area contributed by atoms with Crippen LogP contribution in [0, 0.1) is 0 Å². The quantitative estimate of drug-likeness (QED) is 0.901. The van der Waals surface area contributed by atoms with Crippen molar-refractivity contribution in [1.29, 1.82) is 0 Å². The summed E-state index contributed by atoms with van der Waals surface area (Å²) in [7, 11) is 4.44. The minimum Gasteiger partial charge on any atom is -0.371 e. The maximum Gasteiger partial charge on any atom is 0.0399 e. The van der Waals surface area contributed by atoms with E-state index in [1.807, 2.05) is 0 Å². The van der Waals surface area contributed by atoms with E-state index in [1.165, 1.54) is 37.2 Å². The molecular formula is C16H27N3. The molecule has 0 saturated carbocycles. The van der Waals surface area contributed by atoms with Crippen LogP contribution in [-0.4, -0.2) is 44.2 Å². The van der Waals surface area contributed by atoms with Crippen LogP contribution in [0.4, 0.5) is 5.69 Å². The summed E-state index contributed by atoms with van der Waals surface area (Å²) in [6.45, 7) is 4.47. The van der Waals surface area contributed by atoms with E-state index in [2.05, 4.69) is 55.1 Å². The fourth-order valence-corrected chi connectivity index (χ4v) is 2.95. The van der Waals surface area contributed by atoms with Crippen molar-refractivity contribution < 1.29 is 0 Å². The smallest absolute Gasteiger partial charge is 0.0399 e. The maximum atomic E-state index is 5.96. The number of nitrogens with zero attached hydrogens (tertiary/aromatic N) is 2. The van der Waals surface area contributed by atoms with Crippen molar-refractivity contribution in [3.8, 4) is 0 Å². The summed E-state index contributed by atoms with van der Waals surface area (Å²) in [5, 5.41) is 0. The van der Waals surface area contributed by atoms with Crippen LogP contribution in [0.25, 0.3) is 0 Å². The Kier molecular flexibility index (Phi) is 4.83. The minimum absolute atomic E-state index is 0.215. The zero-order valence-electron chi connectivity index (χ0n) is 12.5. The van der Waals surface area contributed by atoms with Gasteiger partial charge in [-0.05, 0) is 58.0 Å². The van der Waals surface area contributed by atoms with Crippen LogP contribution in [0.5, 0.6) is 0 Å². The molecule has 1 unspecified atom stereocenters. The fraction of sp³-hybridized carbons (Fsp3) is 0.625. The second-order valence-corrected chi connectivity index (χ2v) is 5.96. The Hall–Kier alpha value is -1.06. The van der Waals surface area contributed by atoms with E-state index in [4.69, 9.17) is 5.73 Å². The third-order valence-corrected chi connectivity index (χ3v) is 4.15. The van der Waals surface area contributed by atoms with Gasteiger partial charge in [-0.3, -0.25) is 0 Å². The third-order valence-electron chi connectivity index (χ3n) is 4.15. The molecule has 0 spiro atoms. The Morgan fingerprint density at radius 3 is 2.58 bits per heavy atom. The Morgan fingerprint density at radius 2 is 1.95 bits per heavy atom. The predicted molar refractivity (Wildman–Crippen MR) is 82.7 cm³/mol. The molecule has 3 nitrogen and oxygen atoms in total. The van der Waals surface area contributed by atoms with Gasteiger partial charge in [0, 0.05) is 24.8 Å². The first-order chi connectivity index (χ1) is 9.08. The highest BCUT2D eigenvalue weighted by Gasteiger charge is 2.22. The first kappa shape index (κ1) is 14.4. The molecule has 1 aromatic carbocycles. The van der Waals surface area contributed by atoms with Gasteiger partial charge in [-0.25, -0.2) is 0 Å². The molecule has 1 fully saturated rings. The van der Waals surface area contributed by atoms with Gasteiger partial charge in [0.15, 0.2) is 0 Å². The molecule has 1 heterocycles. The first-order valence-electron chi connectivity index (χ1n) is 7.33. The SMILES string of the molecule is CC(N)Cc1ccccc1N(C)C1CCN(C)CC1. The average molecular weight is 261 g/mol. The molecule has 19 heavy (non-hydrogen) atoms. The standard InChI is InChI=1S/C16H27N3/c1-13(17)12-14-6-4-5-7-16(14)19(3)15-8-10-18(2)11-9-15/h4-7,13,15H,8-12,17H2,1-3H3. The molecule has 1 aliphatic heterocycles. The number of hydrogen-bond donors (Lipinski definition) is 1. The van der Waals surface area contributed by atoms with Crippen molar-refractivity contribution >= 4 is 5.69 Å². The largest absolute Gasteiger partial charge is 0.371 e. The van der Waals surface area contributed by atoms with Crippen LogP contribution in [0.3, 0.4) is 0 Å². The monoisotopic (exact) mass is 261 g/mol. The fourth-order valence-electron chi connectivity index (χ4n) is 2.95. The summed E-state index contributed by atoms with van der Waals surface area (Å²) in [5.41, 5.74) is 8.69. The van der Waals surface area contributed by atoms with Gasteiger partial charge < -0.3 is 15.5 Å². The molecule has 0 radical (unpaired) electrons. The van der Waals surface area contributed by atoms with Crippen LogP contribution in [-0.2, 0) is 6.42 Å². The van der Waals surface area contributed by atoms with Crippen molar-refractivity contribution in [2.24, 2.45) is 5.73 Å². The highest BCUT2D eigenvalue weighted by Crippen LogP contribution is 2.26. The molecule has 1 saturated heterocycles. The van der Waals surface area contributed by atoms with E-state index in [0.717, 1.165) is 6.42 Å². The van der Waals surface area contributed by atoms with Crippen molar-refractivity contribution in [3.63, 3.8) is 0 Å². The van der Waals surface area contributed by atoms with Crippen molar-refractivity contribution in [3.05, 3.63) is 29.8 Å². The lowest BCUT2D eigenvalue weighted by Crippen LogP contribution is -2.42. The van der Waals surface area contributed by atoms with E-state index >= 15 is 0 Å². The number of anilines is 1. The van der Waals surface area contributed by atoms with Crippen molar-refractivity contribution in [1.82, 2.24) is 4.90 Å². The highest BCUT2D eigenvalue weighted by molar-refractivity contribution is 5.54. The van der Waals surface area contributed by atoms with Gasteiger partial charge in [-0.15, -0.1) is 0 Å². The molecule has 0 aromatic heterocycles. The zero-order valence-corrected chi connectivity index (χ0v) is 12.5. The van der Waals surface area contributed by atoms with Crippen molar-refractivity contribution in [2.75, 3.05) is 32.1 Å². The summed E-state index contributed by atoms with van der Waals surface area (Å²) < 4.78 is 0. The number of nitrogens with two attached hydrogens (primary N) is 1. The van der Waals surface area contributed by atoms with E-state index < -0.39 is 0 Å². The number of hydrogen-bond acceptors (Lipinski definition) is 3. The molecule has 0 aliphatic carbocycles. The zero-order chi connectivity index (χ0) is 13.8. The van der Waals surface area contributed by atoms with Gasteiger partial charge >= 0.3 is 0 Å². The van der Waals surface area contributed by atoms with Crippen LogP contribution in [0.15, 0.2) is 24.3 Å². The average Bonchev–Trinajstić information content (AvgIpc) is 2.39. The van der Waals surface area contributed by atoms with E-state index in [-0.39, 0.29) is 6.04 Å². The molecule has 0 amide bonds. The number of rotatable bonds is 4. The number of piperidine rings is 1. The predicted octanol–water partition coefficient (Wildman–Crippen LogP) is 2.11. The normalized spacial score (nSPS) is 19.4. The number of para-hydroxylation sites is 1. The highest BCUT2D eigenvalue weighted by atomic mass is 15.2. The maximum absolute atomic E-state index is 5.96. The molecule has 1 atom stereocenters. The Balaban J connectivity index is 2.11. The van der Waals surface area contributed by atoms with Gasteiger partial charge in [0.25, 0.3) is 0 Å². The molecule has 3 heteroatoms. The first-order valence-corrected chi connectivity index (χ1v) is 7.33. The lowest BCUT2D eigenvalue weighted by molar-refractivity contribution is 0.252. The topological polar surface area (TPSA) is 32.5 Å². The van der Waals surface area contributed by atoms with Crippen LogP contribution < -0.4 is 10.6 Å². The lowest BCUT2D eigenvalue weighted by atomic mass is 10.00. The van der Waals surface area contributed by atoms with Crippen LogP contribution in [0.1, 0.15) is 25.3 Å². The van der Waals surface area contributed by atoms with Crippen molar-refractivity contribution in [2.45, 2.75) is 38.3 Å².